The van der Waals surface area contributed by atoms with Crippen molar-refractivity contribution in [1.29, 1.82) is 0 Å². The Labute approximate surface area is 105 Å². The second kappa shape index (κ2) is 5.14. The SMILES string of the molecule is CCc1nn(C)cc1CNC(=O)C(F)(F)C(F)(F)F. The van der Waals surface area contributed by atoms with E-state index in [0.29, 0.717) is 17.7 Å². The Morgan fingerprint density at radius 2 is 1.95 bits per heavy atom. The minimum Gasteiger partial charge on any atom is -0.346 e. The lowest BCUT2D eigenvalue weighted by Crippen LogP contribution is -2.50. The van der Waals surface area contributed by atoms with Crippen LogP contribution in [0.15, 0.2) is 6.20 Å². The number of amides is 1. The quantitative estimate of drug-likeness (QED) is 0.857. The van der Waals surface area contributed by atoms with E-state index in [-0.39, 0.29) is 0 Å². The number of aromatic nitrogens is 2. The molecule has 0 aromatic carbocycles. The number of hydrogen-bond donors (Lipinski definition) is 1. The molecule has 1 aromatic rings. The maximum atomic E-state index is 12.7. The van der Waals surface area contributed by atoms with Crippen molar-refractivity contribution in [2.24, 2.45) is 7.05 Å². The molecule has 0 aliphatic heterocycles. The van der Waals surface area contributed by atoms with Crippen LogP contribution in [-0.4, -0.2) is 27.8 Å². The lowest BCUT2D eigenvalue weighted by atomic mass is 10.2. The largest absolute Gasteiger partial charge is 0.463 e. The monoisotopic (exact) mass is 285 g/mol. The van der Waals surface area contributed by atoms with Gasteiger partial charge in [-0.25, -0.2) is 0 Å². The number of alkyl halides is 5. The zero-order valence-electron chi connectivity index (χ0n) is 10.2. The van der Waals surface area contributed by atoms with Crippen molar-refractivity contribution in [2.75, 3.05) is 0 Å². The highest BCUT2D eigenvalue weighted by molar-refractivity contribution is 5.84. The summed E-state index contributed by atoms with van der Waals surface area (Å²) in [5, 5.41) is 5.55. The molecule has 0 bridgehead atoms. The molecular weight excluding hydrogens is 273 g/mol. The van der Waals surface area contributed by atoms with E-state index >= 15 is 0 Å². The van der Waals surface area contributed by atoms with Gasteiger partial charge in [-0.1, -0.05) is 6.92 Å². The first-order chi connectivity index (χ1) is 8.59. The van der Waals surface area contributed by atoms with E-state index in [1.54, 1.807) is 19.3 Å². The first kappa shape index (κ1) is 15.4. The second-order valence-electron chi connectivity index (χ2n) is 3.88. The van der Waals surface area contributed by atoms with E-state index < -0.39 is 24.6 Å². The predicted octanol–water partition coefficient (Wildman–Crippen LogP) is 1.80. The van der Waals surface area contributed by atoms with Crippen LogP contribution in [0.3, 0.4) is 0 Å². The van der Waals surface area contributed by atoms with Gasteiger partial charge in [-0.15, -0.1) is 0 Å². The minimum atomic E-state index is -5.90. The number of rotatable bonds is 4. The molecule has 19 heavy (non-hydrogen) atoms. The van der Waals surface area contributed by atoms with Gasteiger partial charge in [0, 0.05) is 25.4 Å². The third-order valence-electron chi connectivity index (χ3n) is 2.41. The normalized spacial score (nSPS) is 12.6. The summed E-state index contributed by atoms with van der Waals surface area (Å²) in [7, 11) is 1.58. The highest BCUT2D eigenvalue weighted by atomic mass is 19.4. The average molecular weight is 285 g/mol. The maximum absolute atomic E-state index is 12.7. The van der Waals surface area contributed by atoms with Crippen molar-refractivity contribution in [1.82, 2.24) is 15.1 Å². The molecule has 0 spiro atoms. The molecule has 1 aromatic heterocycles. The van der Waals surface area contributed by atoms with Crippen LogP contribution in [0.1, 0.15) is 18.2 Å². The average Bonchev–Trinajstić information content (AvgIpc) is 2.64. The Bertz CT molecular complexity index is 466. The number of carbonyl (C=O) groups is 1. The predicted molar refractivity (Wildman–Crippen MR) is 55.4 cm³/mol. The molecule has 9 heteroatoms. The van der Waals surface area contributed by atoms with Crippen LogP contribution < -0.4 is 5.32 Å². The third kappa shape index (κ3) is 3.21. The molecule has 1 amide bonds. The summed E-state index contributed by atoms with van der Waals surface area (Å²) < 4.78 is 62.5. The molecule has 0 radical (unpaired) electrons. The molecule has 4 nitrogen and oxygen atoms in total. The van der Waals surface area contributed by atoms with E-state index in [9.17, 15) is 26.7 Å². The summed E-state index contributed by atoms with van der Waals surface area (Å²) in [4.78, 5) is 10.9. The van der Waals surface area contributed by atoms with Gasteiger partial charge in [0.2, 0.25) is 0 Å². The van der Waals surface area contributed by atoms with Gasteiger partial charge in [0.15, 0.2) is 0 Å². The molecule has 0 saturated carbocycles. The van der Waals surface area contributed by atoms with Gasteiger partial charge < -0.3 is 5.32 Å². The van der Waals surface area contributed by atoms with Gasteiger partial charge in [0.25, 0.3) is 0 Å². The Balaban J connectivity index is 2.74. The number of aryl methyl sites for hydroxylation is 2. The Morgan fingerprint density at radius 3 is 2.42 bits per heavy atom. The highest BCUT2D eigenvalue weighted by Crippen LogP contribution is 2.35. The molecule has 0 aliphatic rings. The molecule has 1 heterocycles. The summed E-state index contributed by atoms with van der Waals surface area (Å²) in [6.07, 6.45) is -3.98. The van der Waals surface area contributed by atoms with Gasteiger partial charge in [0.05, 0.1) is 5.69 Å². The smallest absolute Gasteiger partial charge is 0.346 e. The maximum Gasteiger partial charge on any atom is 0.463 e. The van der Waals surface area contributed by atoms with Crippen molar-refractivity contribution in [3.8, 4) is 0 Å². The lowest BCUT2D eigenvalue weighted by Gasteiger charge is -2.18. The number of hydrogen-bond acceptors (Lipinski definition) is 2. The molecule has 1 rings (SSSR count). The fourth-order valence-electron chi connectivity index (χ4n) is 1.44. The lowest BCUT2D eigenvalue weighted by molar-refractivity contribution is -0.269. The van der Waals surface area contributed by atoms with Crippen molar-refractivity contribution >= 4 is 5.91 Å². The summed E-state index contributed by atoms with van der Waals surface area (Å²) in [6.45, 7) is 1.32. The van der Waals surface area contributed by atoms with Gasteiger partial charge >= 0.3 is 18.0 Å². The van der Waals surface area contributed by atoms with Crippen molar-refractivity contribution in [2.45, 2.75) is 32.0 Å². The van der Waals surface area contributed by atoms with Crippen molar-refractivity contribution < 1.29 is 26.7 Å². The summed E-state index contributed by atoms with van der Waals surface area (Å²) in [5.74, 6) is -7.77. The van der Waals surface area contributed by atoms with Gasteiger partial charge in [-0.2, -0.15) is 27.1 Å². The number of halogens is 5. The van der Waals surface area contributed by atoms with Gasteiger partial charge in [-0.3, -0.25) is 9.48 Å². The summed E-state index contributed by atoms with van der Waals surface area (Å²) >= 11 is 0. The molecule has 1 N–H and O–H groups in total. The standard InChI is InChI=1S/C10H12F5N3O/c1-3-7-6(5-18(2)17-7)4-16-8(19)9(11,12)10(13,14)15/h5H,3-4H2,1-2H3,(H,16,19). The zero-order valence-corrected chi connectivity index (χ0v) is 10.2. The molecule has 0 atom stereocenters. The number of carbonyl (C=O) groups excluding carboxylic acids is 1. The van der Waals surface area contributed by atoms with Crippen LogP contribution in [0.4, 0.5) is 22.0 Å². The van der Waals surface area contributed by atoms with Crippen molar-refractivity contribution in [3.05, 3.63) is 17.5 Å². The molecule has 0 aliphatic carbocycles. The summed E-state index contributed by atoms with van der Waals surface area (Å²) in [5.41, 5.74) is 0.925. The highest BCUT2D eigenvalue weighted by Gasteiger charge is 2.63. The van der Waals surface area contributed by atoms with Gasteiger partial charge in [-0.05, 0) is 6.42 Å². The topological polar surface area (TPSA) is 46.9 Å². The van der Waals surface area contributed by atoms with Crippen LogP contribution >= 0.6 is 0 Å². The van der Waals surface area contributed by atoms with E-state index in [4.69, 9.17) is 0 Å². The van der Waals surface area contributed by atoms with Crippen LogP contribution in [0.25, 0.3) is 0 Å². The first-order valence-electron chi connectivity index (χ1n) is 5.33. The zero-order chi connectivity index (χ0) is 14.8. The number of nitrogens with one attached hydrogen (secondary N) is 1. The molecular formula is C10H12F5N3O. The molecule has 0 unspecified atom stereocenters. The summed E-state index contributed by atoms with van der Waals surface area (Å²) in [6, 6.07) is 0. The van der Waals surface area contributed by atoms with E-state index in [1.165, 1.54) is 10.9 Å². The fourth-order valence-corrected chi connectivity index (χ4v) is 1.44. The minimum absolute atomic E-state index is 0.399. The van der Waals surface area contributed by atoms with E-state index in [0.717, 1.165) is 0 Å². The Kier molecular flexibility index (Phi) is 4.16. The van der Waals surface area contributed by atoms with Crippen LogP contribution in [0.2, 0.25) is 0 Å². The van der Waals surface area contributed by atoms with Crippen LogP contribution in [0, 0.1) is 0 Å². The Morgan fingerprint density at radius 1 is 1.37 bits per heavy atom. The van der Waals surface area contributed by atoms with Crippen molar-refractivity contribution in [3.63, 3.8) is 0 Å². The first-order valence-corrected chi connectivity index (χ1v) is 5.33. The third-order valence-corrected chi connectivity index (χ3v) is 2.41. The number of nitrogens with zero attached hydrogens (tertiary/aromatic N) is 2. The second-order valence-corrected chi connectivity index (χ2v) is 3.88. The van der Waals surface area contributed by atoms with Crippen LogP contribution in [0.5, 0.6) is 0 Å². The Hall–Kier alpha value is -1.67. The van der Waals surface area contributed by atoms with Gasteiger partial charge in [0.1, 0.15) is 0 Å². The van der Waals surface area contributed by atoms with Crippen LogP contribution in [-0.2, 0) is 24.8 Å². The van der Waals surface area contributed by atoms with E-state index in [2.05, 4.69) is 5.10 Å². The van der Waals surface area contributed by atoms with E-state index in [1.807, 2.05) is 0 Å². The fraction of sp³-hybridized carbons (Fsp3) is 0.600. The molecule has 108 valence electrons. The molecule has 0 saturated heterocycles. The molecule has 0 fully saturated rings.